The lowest BCUT2D eigenvalue weighted by atomic mass is 10.1. The molecule has 2 rings (SSSR count). The van der Waals surface area contributed by atoms with Gasteiger partial charge >= 0.3 is 12.1 Å². The highest BCUT2D eigenvalue weighted by Gasteiger charge is 2.25. The molecule has 1 aromatic rings. The molecule has 4 amide bonds. The van der Waals surface area contributed by atoms with Gasteiger partial charge in [0.1, 0.15) is 0 Å². The van der Waals surface area contributed by atoms with Crippen molar-refractivity contribution in [2.75, 3.05) is 32.6 Å². The second kappa shape index (κ2) is 8.36. The average molecular weight is 348 g/mol. The molecular formula is C17H24N4O4. The molecule has 1 aromatic carbocycles. The average Bonchev–Trinajstić information content (AvgIpc) is 2.62. The molecule has 8 heteroatoms. The Morgan fingerprint density at radius 3 is 2.68 bits per heavy atom. The number of rotatable bonds is 3. The lowest BCUT2D eigenvalue weighted by molar-refractivity contribution is 0.0962. The van der Waals surface area contributed by atoms with E-state index in [0.717, 1.165) is 18.4 Å². The van der Waals surface area contributed by atoms with Gasteiger partial charge in [-0.15, -0.1) is 0 Å². The van der Waals surface area contributed by atoms with Crippen molar-refractivity contribution in [2.45, 2.75) is 25.8 Å². The molecule has 0 spiro atoms. The Labute approximate surface area is 146 Å². The van der Waals surface area contributed by atoms with Crippen LogP contribution in [-0.2, 0) is 4.74 Å². The monoisotopic (exact) mass is 348 g/mol. The number of urea groups is 1. The lowest BCUT2D eigenvalue weighted by Crippen LogP contribution is -2.50. The fraction of sp³-hybridized carbons (Fsp3) is 0.471. The van der Waals surface area contributed by atoms with Gasteiger partial charge in [-0.25, -0.2) is 9.59 Å². The number of anilines is 1. The number of carbonyl (C=O) groups is 3. The zero-order chi connectivity index (χ0) is 18.4. The minimum atomic E-state index is -0.382. The van der Waals surface area contributed by atoms with Crippen LogP contribution in [0.3, 0.4) is 0 Å². The summed E-state index contributed by atoms with van der Waals surface area (Å²) in [6.07, 6.45) is 1.22. The molecule has 1 saturated heterocycles. The molecule has 1 fully saturated rings. The molecule has 3 N–H and O–H groups in total. The summed E-state index contributed by atoms with van der Waals surface area (Å²) < 4.78 is 4.72. The molecule has 0 saturated carbocycles. The highest BCUT2D eigenvalue weighted by atomic mass is 16.5. The molecule has 1 atom stereocenters. The van der Waals surface area contributed by atoms with Crippen LogP contribution >= 0.6 is 0 Å². The van der Waals surface area contributed by atoms with Crippen LogP contribution < -0.4 is 16.0 Å². The Hall–Kier alpha value is -2.77. The van der Waals surface area contributed by atoms with Crippen molar-refractivity contribution in [3.05, 3.63) is 29.3 Å². The molecule has 0 bridgehead atoms. The maximum absolute atomic E-state index is 12.2. The topological polar surface area (TPSA) is 99.8 Å². The largest absolute Gasteiger partial charge is 0.453 e. The van der Waals surface area contributed by atoms with Crippen molar-refractivity contribution >= 4 is 23.7 Å². The zero-order valence-corrected chi connectivity index (χ0v) is 14.7. The van der Waals surface area contributed by atoms with Crippen LogP contribution in [0, 0.1) is 6.92 Å². The minimum Gasteiger partial charge on any atom is -0.453 e. The molecule has 0 aromatic heterocycles. The lowest BCUT2D eigenvalue weighted by Gasteiger charge is -2.32. The standard InChI is InChI=1S/C17H24N4O4/c1-11-9-12(15(22)18-2)6-7-14(11)20-16(23)19-13-5-4-8-21(10-13)17(24)25-3/h6-7,9,13H,4-5,8,10H2,1-3H3,(H,18,22)(H2,19,20,23)/t13-/m0/s1. The van der Waals surface area contributed by atoms with Gasteiger partial charge < -0.3 is 25.6 Å². The third-order valence-corrected chi connectivity index (χ3v) is 4.15. The fourth-order valence-corrected chi connectivity index (χ4v) is 2.82. The predicted molar refractivity (Wildman–Crippen MR) is 93.7 cm³/mol. The number of hydrogen-bond donors (Lipinski definition) is 3. The Kier molecular flexibility index (Phi) is 6.21. The minimum absolute atomic E-state index is 0.127. The van der Waals surface area contributed by atoms with Crippen LogP contribution in [0.4, 0.5) is 15.3 Å². The predicted octanol–water partition coefficient (Wildman–Crippen LogP) is 1.71. The summed E-state index contributed by atoms with van der Waals surface area (Å²) in [7, 11) is 2.91. The second-order valence-corrected chi connectivity index (χ2v) is 5.96. The Morgan fingerprint density at radius 1 is 1.28 bits per heavy atom. The molecule has 8 nitrogen and oxygen atoms in total. The number of methoxy groups -OCH3 is 1. The molecular weight excluding hydrogens is 324 g/mol. The van der Waals surface area contributed by atoms with Crippen molar-refractivity contribution in [3.63, 3.8) is 0 Å². The first-order chi connectivity index (χ1) is 11.9. The van der Waals surface area contributed by atoms with Crippen molar-refractivity contribution in [1.82, 2.24) is 15.5 Å². The zero-order valence-electron chi connectivity index (χ0n) is 14.7. The van der Waals surface area contributed by atoms with E-state index < -0.39 is 0 Å². The summed E-state index contributed by atoms with van der Waals surface area (Å²) in [4.78, 5) is 37.0. The van der Waals surface area contributed by atoms with Gasteiger partial charge in [0.05, 0.1) is 7.11 Å². The third kappa shape index (κ3) is 4.85. The Balaban J connectivity index is 1.94. The van der Waals surface area contributed by atoms with Gasteiger partial charge in [0.25, 0.3) is 5.91 Å². The van der Waals surface area contributed by atoms with Gasteiger partial charge in [0.2, 0.25) is 0 Å². The van der Waals surface area contributed by atoms with Crippen LogP contribution in [0.5, 0.6) is 0 Å². The maximum Gasteiger partial charge on any atom is 0.409 e. The number of hydrogen-bond acceptors (Lipinski definition) is 4. The summed E-state index contributed by atoms with van der Waals surface area (Å²) in [6, 6.07) is 4.60. The SMILES string of the molecule is CNC(=O)c1ccc(NC(=O)N[C@H]2CCCN(C(=O)OC)C2)c(C)c1. The van der Waals surface area contributed by atoms with Gasteiger partial charge in [-0.1, -0.05) is 0 Å². The summed E-state index contributed by atoms with van der Waals surface area (Å²) >= 11 is 0. The Morgan fingerprint density at radius 2 is 2.04 bits per heavy atom. The number of nitrogens with zero attached hydrogens (tertiary/aromatic N) is 1. The number of piperidine rings is 1. The van der Waals surface area contributed by atoms with E-state index >= 15 is 0 Å². The number of benzene rings is 1. The van der Waals surface area contributed by atoms with Crippen LogP contribution in [0.1, 0.15) is 28.8 Å². The van der Waals surface area contributed by atoms with Crippen molar-refractivity contribution in [1.29, 1.82) is 0 Å². The van der Waals surface area contributed by atoms with E-state index in [1.54, 1.807) is 30.1 Å². The van der Waals surface area contributed by atoms with Crippen molar-refractivity contribution in [3.8, 4) is 0 Å². The number of carbonyl (C=O) groups excluding carboxylic acids is 3. The number of nitrogens with one attached hydrogen (secondary N) is 3. The van der Waals surface area contributed by atoms with Gasteiger partial charge in [-0.3, -0.25) is 4.79 Å². The van der Waals surface area contributed by atoms with Crippen LogP contribution in [0.15, 0.2) is 18.2 Å². The number of likely N-dealkylation sites (tertiary alicyclic amines) is 1. The van der Waals surface area contributed by atoms with Crippen LogP contribution in [-0.4, -0.2) is 56.2 Å². The number of ether oxygens (including phenoxy) is 1. The third-order valence-electron chi connectivity index (χ3n) is 4.15. The Bertz CT molecular complexity index is 662. The second-order valence-electron chi connectivity index (χ2n) is 5.96. The van der Waals surface area contributed by atoms with Gasteiger partial charge in [-0.2, -0.15) is 0 Å². The van der Waals surface area contributed by atoms with E-state index in [1.165, 1.54) is 7.11 Å². The number of aryl methyl sites for hydroxylation is 1. The number of amides is 4. The van der Waals surface area contributed by atoms with E-state index in [4.69, 9.17) is 4.74 Å². The summed E-state index contributed by atoms with van der Waals surface area (Å²) in [5.41, 5.74) is 1.95. The van der Waals surface area contributed by atoms with E-state index in [-0.39, 0.29) is 24.1 Å². The van der Waals surface area contributed by atoms with Gasteiger partial charge in [0, 0.05) is 37.4 Å². The molecule has 25 heavy (non-hydrogen) atoms. The van der Waals surface area contributed by atoms with Crippen molar-refractivity contribution in [2.24, 2.45) is 0 Å². The molecule has 0 aliphatic carbocycles. The van der Waals surface area contributed by atoms with Crippen LogP contribution in [0.25, 0.3) is 0 Å². The van der Waals surface area contributed by atoms with E-state index in [0.29, 0.717) is 24.3 Å². The van der Waals surface area contributed by atoms with Gasteiger partial charge in [-0.05, 0) is 43.5 Å². The maximum atomic E-state index is 12.2. The summed E-state index contributed by atoms with van der Waals surface area (Å²) in [5, 5.41) is 8.22. The van der Waals surface area contributed by atoms with Gasteiger partial charge in [0.15, 0.2) is 0 Å². The highest BCUT2D eigenvalue weighted by molar-refractivity contribution is 5.96. The normalized spacial score (nSPS) is 16.8. The molecule has 1 aliphatic rings. The van der Waals surface area contributed by atoms with Crippen molar-refractivity contribution < 1.29 is 19.1 Å². The summed E-state index contributed by atoms with van der Waals surface area (Å²) in [6.45, 7) is 2.88. The molecule has 0 unspecified atom stereocenters. The first-order valence-electron chi connectivity index (χ1n) is 8.17. The first kappa shape index (κ1) is 18.6. The quantitative estimate of drug-likeness (QED) is 0.774. The molecule has 0 radical (unpaired) electrons. The van der Waals surface area contributed by atoms with E-state index in [9.17, 15) is 14.4 Å². The summed E-state index contributed by atoms with van der Waals surface area (Å²) in [5.74, 6) is -0.177. The molecule has 1 heterocycles. The fourth-order valence-electron chi connectivity index (χ4n) is 2.82. The highest BCUT2D eigenvalue weighted by Crippen LogP contribution is 2.17. The first-order valence-corrected chi connectivity index (χ1v) is 8.17. The molecule has 1 aliphatic heterocycles. The smallest absolute Gasteiger partial charge is 0.409 e. The van der Waals surface area contributed by atoms with E-state index in [1.807, 2.05) is 6.92 Å². The van der Waals surface area contributed by atoms with E-state index in [2.05, 4.69) is 16.0 Å². The van der Waals surface area contributed by atoms with Crippen LogP contribution in [0.2, 0.25) is 0 Å². The molecule has 136 valence electrons.